The monoisotopic (exact) mass is 279 g/mol. The van der Waals surface area contributed by atoms with Gasteiger partial charge in [0.25, 0.3) is 0 Å². The van der Waals surface area contributed by atoms with Crippen LogP contribution in [0.5, 0.6) is 0 Å². The highest BCUT2D eigenvalue weighted by molar-refractivity contribution is 5.45. The van der Waals surface area contributed by atoms with Crippen LogP contribution in [-0.4, -0.2) is 38.3 Å². The van der Waals surface area contributed by atoms with Crippen molar-refractivity contribution in [3.05, 3.63) is 35.3 Å². The molecule has 2 rings (SSSR count). The van der Waals surface area contributed by atoms with Crippen molar-refractivity contribution >= 4 is 5.82 Å². The van der Waals surface area contributed by atoms with Crippen LogP contribution >= 0.6 is 0 Å². The Labute approximate surface area is 119 Å². The third kappa shape index (κ3) is 3.55. The van der Waals surface area contributed by atoms with Gasteiger partial charge in [-0.25, -0.2) is 9.37 Å². The Bertz CT molecular complexity index is 476. The number of rotatable bonds is 6. The Kier molecular flexibility index (Phi) is 5.49. The summed E-state index contributed by atoms with van der Waals surface area (Å²) in [5.74, 6) is 0.241. The van der Waals surface area contributed by atoms with E-state index in [9.17, 15) is 4.39 Å². The molecule has 2 heterocycles. The molecule has 0 saturated heterocycles. The first-order valence-electron chi connectivity index (χ1n) is 7.02. The number of hydrogen-bond acceptors (Lipinski definition) is 4. The van der Waals surface area contributed by atoms with Gasteiger partial charge in [-0.05, 0) is 24.6 Å². The predicted molar refractivity (Wildman–Crippen MR) is 78.4 cm³/mol. The summed E-state index contributed by atoms with van der Waals surface area (Å²) in [5.41, 5.74) is 1.94. The summed E-state index contributed by atoms with van der Waals surface area (Å²) in [5, 5.41) is 3.14. The molecular weight excluding hydrogens is 257 g/mol. The first-order chi connectivity index (χ1) is 9.76. The fourth-order valence-electron chi connectivity index (χ4n) is 2.31. The molecule has 0 aliphatic carbocycles. The van der Waals surface area contributed by atoms with Crippen molar-refractivity contribution in [1.82, 2.24) is 10.3 Å². The van der Waals surface area contributed by atoms with Gasteiger partial charge in [-0.3, -0.25) is 0 Å². The van der Waals surface area contributed by atoms with Crippen LogP contribution in [0.1, 0.15) is 18.9 Å². The van der Waals surface area contributed by atoms with Crippen LogP contribution < -0.4 is 10.2 Å². The lowest BCUT2D eigenvalue weighted by molar-refractivity contribution is 0.222. The minimum absolute atomic E-state index is 0.211. The fourth-order valence-corrected chi connectivity index (χ4v) is 2.31. The highest BCUT2D eigenvalue weighted by atomic mass is 19.1. The highest BCUT2D eigenvalue weighted by Crippen LogP contribution is 2.23. The fraction of sp³-hybridized carbons (Fsp3) is 0.533. The molecule has 0 spiro atoms. The number of aromatic nitrogens is 1. The van der Waals surface area contributed by atoms with E-state index >= 15 is 0 Å². The largest absolute Gasteiger partial charge is 0.380 e. The minimum Gasteiger partial charge on any atom is -0.380 e. The molecule has 0 radical (unpaired) electrons. The van der Waals surface area contributed by atoms with Crippen molar-refractivity contribution < 1.29 is 9.13 Å². The summed E-state index contributed by atoms with van der Waals surface area (Å²) >= 11 is 0. The second kappa shape index (κ2) is 7.36. The Morgan fingerprint density at radius 3 is 3.00 bits per heavy atom. The van der Waals surface area contributed by atoms with Crippen LogP contribution in [0.3, 0.4) is 0 Å². The summed E-state index contributed by atoms with van der Waals surface area (Å²) in [6.45, 7) is 5.49. The average Bonchev–Trinajstić information content (AvgIpc) is 2.48. The van der Waals surface area contributed by atoms with Crippen LogP contribution in [0.4, 0.5) is 10.2 Å². The summed E-state index contributed by atoms with van der Waals surface area (Å²) in [6, 6.07) is 1.73. The van der Waals surface area contributed by atoms with Crippen LogP contribution in [0, 0.1) is 5.82 Å². The molecule has 1 aliphatic rings. The molecule has 0 bridgehead atoms. The van der Waals surface area contributed by atoms with E-state index in [4.69, 9.17) is 4.74 Å². The summed E-state index contributed by atoms with van der Waals surface area (Å²) in [4.78, 5) is 6.18. The molecule has 0 aromatic carbocycles. The van der Waals surface area contributed by atoms with E-state index in [0.29, 0.717) is 31.1 Å². The maximum Gasteiger partial charge on any atom is 0.170 e. The normalized spacial score (nSPS) is 15.3. The van der Waals surface area contributed by atoms with Crippen molar-refractivity contribution in [2.24, 2.45) is 0 Å². The second-order valence-corrected chi connectivity index (χ2v) is 4.88. The smallest absolute Gasteiger partial charge is 0.170 e. The summed E-state index contributed by atoms with van der Waals surface area (Å²) in [7, 11) is 1.69. The minimum atomic E-state index is -0.211. The Morgan fingerprint density at radius 1 is 1.50 bits per heavy atom. The molecule has 0 fully saturated rings. The molecule has 0 saturated carbocycles. The lowest BCUT2D eigenvalue weighted by Crippen LogP contribution is -2.31. The van der Waals surface area contributed by atoms with Gasteiger partial charge in [0.15, 0.2) is 11.6 Å². The van der Waals surface area contributed by atoms with Crippen LogP contribution in [0.25, 0.3) is 0 Å². The maximum absolute atomic E-state index is 14.4. The van der Waals surface area contributed by atoms with E-state index in [1.807, 2.05) is 11.8 Å². The molecule has 4 nitrogen and oxygen atoms in total. The van der Waals surface area contributed by atoms with Gasteiger partial charge in [-0.1, -0.05) is 13.0 Å². The van der Waals surface area contributed by atoms with Gasteiger partial charge >= 0.3 is 0 Å². The molecular formula is C15H22FN3O. The number of halogens is 1. The maximum atomic E-state index is 14.4. The predicted octanol–water partition coefficient (Wildman–Crippen LogP) is 2.11. The number of nitrogens with zero attached hydrogens (tertiary/aromatic N) is 2. The number of nitrogens with one attached hydrogen (secondary N) is 1. The number of ether oxygens (including phenoxy) is 1. The number of methoxy groups -OCH3 is 1. The molecule has 1 aromatic heterocycles. The molecule has 1 aliphatic heterocycles. The van der Waals surface area contributed by atoms with E-state index in [0.717, 1.165) is 19.5 Å². The van der Waals surface area contributed by atoms with Gasteiger partial charge < -0.3 is 15.0 Å². The van der Waals surface area contributed by atoms with Crippen molar-refractivity contribution in [2.45, 2.75) is 19.9 Å². The van der Waals surface area contributed by atoms with E-state index < -0.39 is 0 Å². The zero-order valence-electron chi connectivity index (χ0n) is 12.2. The number of anilines is 1. The second-order valence-electron chi connectivity index (χ2n) is 4.88. The molecule has 0 unspecified atom stereocenters. The van der Waals surface area contributed by atoms with Crippen LogP contribution in [-0.2, 0) is 11.3 Å². The lowest BCUT2D eigenvalue weighted by atomic mass is 10.1. The van der Waals surface area contributed by atoms with Gasteiger partial charge in [0.1, 0.15) is 0 Å². The van der Waals surface area contributed by atoms with Crippen molar-refractivity contribution in [3.63, 3.8) is 0 Å². The zero-order valence-corrected chi connectivity index (χ0v) is 12.2. The SMILES string of the molecule is CCNCc1ccnc(N2CC=C(COC)CC2)c1F. The van der Waals surface area contributed by atoms with Gasteiger partial charge in [-0.2, -0.15) is 0 Å². The zero-order chi connectivity index (χ0) is 14.4. The molecule has 20 heavy (non-hydrogen) atoms. The molecule has 1 N–H and O–H groups in total. The van der Waals surface area contributed by atoms with E-state index in [-0.39, 0.29) is 5.82 Å². The van der Waals surface area contributed by atoms with Crippen molar-refractivity contribution in [3.8, 4) is 0 Å². The van der Waals surface area contributed by atoms with E-state index in [1.165, 1.54) is 5.57 Å². The summed E-state index contributed by atoms with van der Waals surface area (Å²) in [6.07, 6.45) is 4.68. The lowest BCUT2D eigenvalue weighted by Gasteiger charge is -2.28. The van der Waals surface area contributed by atoms with Crippen LogP contribution in [0.2, 0.25) is 0 Å². The number of pyridine rings is 1. The summed E-state index contributed by atoms with van der Waals surface area (Å²) < 4.78 is 19.6. The first-order valence-corrected chi connectivity index (χ1v) is 7.02. The average molecular weight is 279 g/mol. The Balaban J connectivity index is 2.10. The molecule has 0 amide bonds. The van der Waals surface area contributed by atoms with Gasteiger partial charge in [0, 0.05) is 38.5 Å². The van der Waals surface area contributed by atoms with E-state index in [1.54, 1.807) is 19.4 Å². The highest BCUT2D eigenvalue weighted by Gasteiger charge is 2.18. The molecule has 1 aromatic rings. The van der Waals surface area contributed by atoms with Gasteiger partial charge in [0.2, 0.25) is 0 Å². The van der Waals surface area contributed by atoms with Crippen molar-refractivity contribution in [1.29, 1.82) is 0 Å². The first kappa shape index (κ1) is 14.9. The van der Waals surface area contributed by atoms with Crippen molar-refractivity contribution in [2.75, 3.05) is 38.3 Å². The quantitative estimate of drug-likeness (QED) is 0.809. The third-order valence-corrected chi connectivity index (χ3v) is 3.45. The van der Waals surface area contributed by atoms with E-state index in [2.05, 4.69) is 16.4 Å². The van der Waals surface area contributed by atoms with Crippen LogP contribution in [0.15, 0.2) is 23.9 Å². The molecule has 5 heteroatoms. The van der Waals surface area contributed by atoms with Gasteiger partial charge in [-0.15, -0.1) is 0 Å². The van der Waals surface area contributed by atoms with Gasteiger partial charge in [0.05, 0.1) is 6.61 Å². The topological polar surface area (TPSA) is 37.4 Å². The molecule has 110 valence electrons. The molecule has 0 atom stereocenters. The third-order valence-electron chi connectivity index (χ3n) is 3.45. The Morgan fingerprint density at radius 2 is 2.35 bits per heavy atom. The Hall–Kier alpha value is -1.46. The number of hydrogen-bond donors (Lipinski definition) is 1. The standard InChI is InChI=1S/C15H22FN3O/c1-3-17-10-13-4-7-18-15(14(13)16)19-8-5-12(6-9-19)11-20-2/h4-5,7,17H,3,6,8-11H2,1-2H3.